The third kappa shape index (κ3) is 5.55. The molecule has 0 bridgehead atoms. The third-order valence-electron chi connectivity index (χ3n) is 3.16. The molecule has 0 saturated heterocycles. The molecule has 2 N–H and O–H groups in total. The molecule has 0 amide bonds. The van der Waals surface area contributed by atoms with E-state index in [2.05, 4.69) is 15.8 Å². The summed E-state index contributed by atoms with van der Waals surface area (Å²) >= 11 is 5.19. The summed E-state index contributed by atoms with van der Waals surface area (Å²) in [5.41, 5.74) is 4.83. The maximum absolute atomic E-state index is 5.48. The number of hydrogen-bond donors (Lipinski definition) is 2. The van der Waals surface area contributed by atoms with Crippen molar-refractivity contribution in [3.8, 4) is 11.5 Å². The molecule has 0 saturated carbocycles. The highest BCUT2D eigenvalue weighted by atomic mass is 32.1. The van der Waals surface area contributed by atoms with Gasteiger partial charge in [0.25, 0.3) is 0 Å². The van der Waals surface area contributed by atoms with E-state index in [9.17, 15) is 0 Å². The van der Waals surface area contributed by atoms with Crippen molar-refractivity contribution in [3.63, 3.8) is 0 Å². The van der Waals surface area contributed by atoms with Crippen LogP contribution in [0.3, 0.4) is 0 Å². The summed E-state index contributed by atoms with van der Waals surface area (Å²) in [6, 6.07) is 15.6. The molecule has 0 aliphatic carbocycles. The molecule has 126 valence electrons. The SMILES string of the molecule is CCOc1ccc(/C=N/NC(=S)NCc2ccccc2)cc1OC. The van der Waals surface area contributed by atoms with Gasteiger partial charge in [-0.25, -0.2) is 0 Å². The molecule has 2 aromatic carbocycles. The predicted octanol–water partition coefficient (Wildman–Crippen LogP) is 3.09. The van der Waals surface area contributed by atoms with Crippen molar-refractivity contribution in [1.29, 1.82) is 0 Å². The van der Waals surface area contributed by atoms with Crippen LogP contribution < -0.4 is 20.2 Å². The highest BCUT2D eigenvalue weighted by Gasteiger charge is 2.04. The molecule has 0 atom stereocenters. The van der Waals surface area contributed by atoms with E-state index in [-0.39, 0.29) is 0 Å². The van der Waals surface area contributed by atoms with Gasteiger partial charge in [-0.05, 0) is 48.5 Å². The average molecular weight is 343 g/mol. The van der Waals surface area contributed by atoms with Gasteiger partial charge in [-0.3, -0.25) is 5.43 Å². The molecular formula is C18H21N3O2S. The summed E-state index contributed by atoms with van der Waals surface area (Å²) in [7, 11) is 1.61. The molecule has 24 heavy (non-hydrogen) atoms. The van der Waals surface area contributed by atoms with Gasteiger partial charge in [-0.15, -0.1) is 0 Å². The number of nitrogens with one attached hydrogen (secondary N) is 2. The smallest absolute Gasteiger partial charge is 0.187 e. The summed E-state index contributed by atoms with van der Waals surface area (Å²) in [6.45, 7) is 3.17. The second-order valence-electron chi connectivity index (χ2n) is 4.88. The van der Waals surface area contributed by atoms with E-state index in [1.54, 1.807) is 13.3 Å². The van der Waals surface area contributed by atoms with Crippen molar-refractivity contribution in [2.45, 2.75) is 13.5 Å². The molecule has 0 fully saturated rings. The maximum atomic E-state index is 5.48. The molecule has 0 aromatic heterocycles. The molecular weight excluding hydrogens is 322 g/mol. The first-order chi connectivity index (χ1) is 11.7. The summed E-state index contributed by atoms with van der Waals surface area (Å²) in [5.74, 6) is 1.38. The van der Waals surface area contributed by atoms with Crippen molar-refractivity contribution >= 4 is 23.5 Å². The Kier molecular flexibility index (Phi) is 7.04. The molecule has 0 unspecified atom stereocenters. The minimum absolute atomic E-state index is 0.466. The van der Waals surface area contributed by atoms with Crippen LogP contribution in [-0.2, 0) is 6.54 Å². The quantitative estimate of drug-likeness (QED) is 0.460. The van der Waals surface area contributed by atoms with Crippen molar-refractivity contribution < 1.29 is 9.47 Å². The molecule has 0 aliphatic rings. The number of hydrogen-bond acceptors (Lipinski definition) is 4. The Hall–Kier alpha value is -2.60. The largest absolute Gasteiger partial charge is 0.493 e. The van der Waals surface area contributed by atoms with Crippen LogP contribution in [0.1, 0.15) is 18.1 Å². The number of nitrogens with zero attached hydrogens (tertiary/aromatic N) is 1. The van der Waals surface area contributed by atoms with E-state index in [0.29, 0.717) is 29.8 Å². The van der Waals surface area contributed by atoms with Gasteiger partial charge in [0.15, 0.2) is 16.6 Å². The van der Waals surface area contributed by atoms with Crippen LogP contribution in [0, 0.1) is 0 Å². The Morgan fingerprint density at radius 1 is 1.17 bits per heavy atom. The zero-order valence-electron chi connectivity index (χ0n) is 13.8. The molecule has 0 heterocycles. The van der Waals surface area contributed by atoms with E-state index in [1.807, 2.05) is 55.5 Å². The Morgan fingerprint density at radius 2 is 1.96 bits per heavy atom. The van der Waals surface area contributed by atoms with E-state index in [0.717, 1.165) is 11.1 Å². The maximum Gasteiger partial charge on any atom is 0.187 e. The standard InChI is InChI=1S/C18H21N3O2S/c1-3-23-16-10-9-15(11-17(16)22-2)13-20-21-18(24)19-12-14-7-5-4-6-8-14/h4-11,13H,3,12H2,1-2H3,(H2,19,21,24)/b20-13+. The number of ether oxygens (including phenoxy) is 2. The monoisotopic (exact) mass is 343 g/mol. The van der Waals surface area contributed by atoms with Gasteiger partial charge in [0.1, 0.15) is 0 Å². The zero-order valence-corrected chi connectivity index (χ0v) is 14.6. The lowest BCUT2D eigenvalue weighted by Crippen LogP contribution is -2.31. The van der Waals surface area contributed by atoms with Crippen molar-refractivity contribution in [2.75, 3.05) is 13.7 Å². The molecule has 0 aliphatic heterocycles. The lowest BCUT2D eigenvalue weighted by Gasteiger charge is -2.09. The van der Waals surface area contributed by atoms with Gasteiger partial charge in [-0.2, -0.15) is 5.10 Å². The molecule has 6 heteroatoms. The first-order valence-electron chi connectivity index (χ1n) is 7.64. The minimum Gasteiger partial charge on any atom is -0.493 e. The number of rotatable bonds is 7. The van der Waals surface area contributed by atoms with Crippen LogP contribution in [0.25, 0.3) is 0 Å². The summed E-state index contributed by atoms with van der Waals surface area (Å²) in [5, 5.41) is 7.69. The van der Waals surface area contributed by atoms with E-state index in [1.165, 1.54) is 0 Å². The molecule has 0 radical (unpaired) electrons. The van der Waals surface area contributed by atoms with Crippen LogP contribution in [0.4, 0.5) is 0 Å². The van der Waals surface area contributed by atoms with Crippen LogP contribution >= 0.6 is 12.2 Å². The second kappa shape index (κ2) is 9.52. The summed E-state index contributed by atoms with van der Waals surface area (Å²) in [4.78, 5) is 0. The van der Waals surface area contributed by atoms with Gasteiger partial charge < -0.3 is 14.8 Å². The fourth-order valence-corrected chi connectivity index (χ4v) is 2.15. The highest BCUT2D eigenvalue weighted by molar-refractivity contribution is 7.80. The number of methoxy groups -OCH3 is 1. The second-order valence-corrected chi connectivity index (χ2v) is 5.29. The molecule has 2 aromatic rings. The van der Waals surface area contributed by atoms with Crippen molar-refractivity contribution in [1.82, 2.24) is 10.7 Å². The van der Waals surface area contributed by atoms with Crippen molar-refractivity contribution in [2.24, 2.45) is 5.10 Å². The number of thiocarbonyl (C=S) groups is 1. The predicted molar refractivity (Wildman–Crippen MR) is 101 cm³/mol. The summed E-state index contributed by atoms with van der Waals surface area (Å²) < 4.78 is 10.8. The summed E-state index contributed by atoms with van der Waals surface area (Å²) in [6.07, 6.45) is 1.68. The van der Waals surface area contributed by atoms with Crippen molar-refractivity contribution in [3.05, 3.63) is 59.7 Å². The Labute approximate surface area is 147 Å². The lowest BCUT2D eigenvalue weighted by molar-refractivity contribution is 0.311. The lowest BCUT2D eigenvalue weighted by atomic mass is 10.2. The van der Waals surface area contributed by atoms with Crippen LogP contribution in [0.2, 0.25) is 0 Å². The van der Waals surface area contributed by atoms with Crippen LogP contribution in [0.15, 0.2) is 53.6 Å². The first kappa shape index (κ1) is 17.7. The third-order valence-corrected chi connectivity index (χ3v) is 3.40. The minimum atomic E-state index is 0.466. The first-order valence-corrected chi connectivity index (χ1v) is 8.05. The Morgan fingerprint density at radius 3 is 2.67 bits per heavy atom. The Balaban J connectivity index is 1.85. The fourth-order valence-electron chi connectivity index (χ4n) is 2.02. The van der Waals surface area contributed by atoms with Gasteiger partial charge >= 0.3 is 0 Å². The molecule has 2 rings (SSSR count). The van der Waals surface area contributed by atoms with Gasteiger partial charge in [0, 0.05) is 6.54 Å². The number of hydrazone groups is 1. The fraction of sp³-hybridized carbons (Fsp3) is 0.222. The van der Waals surface area contributed by atoms with E-state index < -0.39 is 0 Å². The van der Waals surface area contributed by atoms with Crippen LogP contribution in [-0.4, -0.2) is 25.0 Å². The van der Waals surface area contributed by atoms with E-state index in [4.69, 9.17) is 21.7 Å². The van der Waals surface area contributed by atoms with Crippen LogP contribution in [0.5, 0.6) is 11.5 Å². The highest BCUT2D eigenvalue weighted by Crippen LogP contribution is 2.27. The molecule has 5 nitrogen and oxygen atoms in total. The van der Waals surface area contributed by atoms with Gasteiger partial charge in [0.2, 0.25) is 0 Å². The normalized spacial score (nSPS) is 10.4. The van der Waals surface area contributed by atoms with Gasteiger partial charge in [0.05, 0.1) is 19.9 Å². The average Bonchev–Trinajstić information content (AvgIpc) is 2.62. The van der Waals surface area contributed by atoms with Gasteiger partial charge in [-0.1, -0.05) is 30.3 Å². The zero-order chi connectivity index (χ0) is 17.2. The topological polar surface area (TPSA) is 54.9 Å². The Bertz CT molecular complexity index is 690. The number of benzene rings is 2. The molecule has 0 spiro atoms. The van der Waals surface area contributed by atoms with E-state index >= 15 is 0 Å².